The predicted octanol–water partition coefficient (Wildman–Crippen LogP) is 6.08. The lowest BCUT2D eigenvalue weighted by Crippen LogP contribution is -2.34. The van der Waals surface area contributed by atoms with E-state index in [4.69, 9.17) is 11.6 Å². The first-order valence-corrected chi connectivity index (χ1v) is 13.6. The molecule has 0 fully saturated rings. The van der Waals surface area contributed by atoms with Gasteiger partial charge in [-0.1, -0.05) is 42.8 Å². The second-order valence-electron chi connectivity index (χ2n) is 8.65. The fourth-order valence-electron chi connectivity index (χ4n) is 3.80. The molecule has 3 aromatic rings. The molecule has 0 radical (unpaired) electrons. The van der Waals surface area contributed by atoms with Crippen LogP contribution in [0.2, 0.25) is 5.02 Å². The van der Waals surface area contributed by atoms with Crippen LogP contribution in [0.25, 0.3) is 0 Å². The third-order valence-corrected chi connectivity index (χ3v) is 7.91. The van der Waals surface area contributed by atoms with Crippen molar-refractivity contribution in [2.45, 2.75) is 36.9 Å². The molecule has 0 spiro atoms. The molecule has 6 nitrogen and oxygen atoms in total. The Labute approximate surface area is 224 Å². The number of halogens is 4. The Kier molecular flexibility index (Phi) is 9.22. The number of anilines is 1. The summed E-state index contributed by atoms with van der Waals surface area (Å²) in [6.07, 6.45) is -5.73. The SMILES string of the molecule is CCS(=O)(=O)c1ccc(CC(=O)Nc2ccc(C(=O)N(C)C(CC(F)(F)F)c3ccc(Cl)cc3)cc2)cc1. The number of carbonyl (C=O) groups excluding carboxylic acids is 2. The van der Waals surface area contributed by atoms with Crippen LogP contribution in [0.4, 0.5) is 18.9 Å². The fourth-order valence-corrected chi connectivity index (χ4v) is 4.81. The van der Waals surface area contributed by atoms with E-state index in [1.54, 1.807) is 19.1 Å². The highest BCUT2D eigenvalue weighted by molar-refractivity contribution is 7.91. The van der Waals surface area contributed by atoms with E-state index in [1.807, 2.05) is 0 Å². The first-order valence-electron chi connectivity index (χ1n) is 11.6. The largest absolute Gasteiger partial charge is 0.391 e. The van der Waals surface area contributed by atoms with Crippen molar-refractivity contribution in [1.29, 1.82) is 0 Å². The van der Waals surface area contributed by atoms with Crippen molar-refractivity contribution in [2.75, 3.05) is 18.1 Å². The lowest BCUT2D eigenvalue weighted by atomic mass is 10.0. The maximum atomic E-state index is 13.3. The van der Waals surface area contributed by atoms with Gasteiger partial charge >= 0.3 is 6.18 Å². The summed E-state index contributed by atoms with van der Waals surface area (Å²) in [7, 11) is -2.03. The molecule has 0 saturated heterocycles. The van der Waals surface area contributed by atoms with Gasteiger partial charge in [-0.15, -0.1) is 0 Å². The molecule has 3 aromatic carbocycles. The Morgan fingerprint density at radius 2 is 1.53 bits per heavy atom. The molecule has 1 atom stereocenters. The van der Waals surface area contributed by atoms with Crippen molar-refractivity contribution in [3.05, 3.63) is 94.5 Å². The number of rotatable bonds is 9. The molecule has 0 aliphatic rings. The van der Waals surface area contributed by atoms with Crippen LogP contribution < -0.4 is 5.32 Å². The minimum Gasteiger partial charge on any atom is -0.334 e. The minimum atomic E-state index is -4.50. The number of nitrogens with one attached hydrogen (secondary N) is 1. The first-order chi connectivity index (χ1) is 17.8. The van der Waals surface area contributed by atoms with E-state index in [-0.39, 0.29) is 28.5 Å². The van der Waals surface area contributed by atoms with Crippen molar-refractivity contribution in [3.63, 3.8) is 0 Å². The lowest BCUT2D eigenvalue weighted by Gasteiger charge is -2.29. The zero-order valence-electron chi connectivity index (χ0n) is 20.6. The molecule has 0 bridgehead atoms. The summed E-state index contributed by atoms with van der Waals surface area (Å²) in [5.74, 6) is -1.000. The molecule has 1 N–H and O–H groups in total. The second-order valence-corrected chi connectivity index (χ2v) is 11.4. The number of carbonyl (C=O) groups is 2. The topological polar surface area (TPSA) is 83.5 Å². The number of sulfone groups is 1. The van der Waals surface area contributed by atoms with Crippen molar-refractivity contribution < 1.29 is 31.2 Å². The Morgan fingerprint density at radius 1 is 0.947 bits per heavy atom. The van der Waals surface area contributed by atoms with Gasteiger partial charge in [0.2, 0.25) is 5.91 Å². The summed E-state index contributed by atoms with van der Waals surface area (Å²) in [5, 5.41) is 3.05. The average Bonchev–Trinajstić information content (AvgIpc) is 2.87. The molecule has 3 rings (SSSR count). The number of hydrogen-bond donors (Lipinski definition) is 1. The number of alkyl halides is 3. The number of hydrogen-bond acceptors (Lipinski definition) is 4. The van der Waals surface area contributed by atoms with Gasteiger partial charge in [-0.2, -0.15) is 13.2 Å². The second kappa shape index (κ2) is 12.0. The van der Waals surface area contributed by atoms with E-state index < -0.39 is 34.4 Å². The van der Waals surface area contributed by atoms with Gasteiger partial charge in [0.25, 0.3) is 5.91 Å². The van der Waals surface area contributed by atoms with Gasteiger partial charge in [0, 0.05) is 23.3 Å². The number of benzene rings is 3. The highest BCUT2D eigenvalue weighted by atomic mass is 35.5. The van der Waals surface area contributed by atoms with E-state index in [9.17, 15) is 31.2 Å². The van der Waals surface area contributed by atoms with E-state index in [1.165, 1.54) is 67.7 Å². The molecular weight excluding hydrogens is 541 g/mol. The molecule has 202 valence electrons. The summed E-state index contributed by atoms with van der Waals surface area (Å²) in [6.45, 7) is 1.55. The minimum absolute atomic E-state index is 0.00388. The third kappa shape index (κ3) is 7.82. The smallest absolute Gasteiger partial charge is 0.334 e. The Hall–Kier alpha value is -3.37. The van der Waals surface area contributed by atoms with Crippen LogP contribution in [0.5, 0.6) is 0 Å². The van der Waals surface area contributed by atoms with Crippen molar-refractivity contribution >= 4 is 38.9 Å². The highest BCUT2D eigenvalue weighted by Crippen LogP contribution is 2.34. The Morgan fingerprint density at radius 3 is 2.05 bits per heavy atom. The maximum absolute atomic E-state index is 13.3. The van der Waals surface area contributed by atoms with Crippen LogP contribution >= 0.6 is 11.6 Å². The van der Waals surface area contributed by atoms with Gasteiger partial charge in [-0.05, 0) is 59.7 Å². The van der Waals surface area contributed by atoms with Gasteiger partial charge < -0.3 is 10.2 Å². The molecule has 0 aliphatic carbocycles. The molecule has 1 unspecified atom stereocenters. The van der Waals surface area contributed by atoms with Crippen LogP contribution in [-0.4, -0.2) is 44.1 Å². The zero-order valence-corrected chi connectivity index (χ0v) is 22.2. The van der Waals surface area contributed by atoms with Gasteiger partial charge in [0.15, 0.2) is 9.84 Å². The van der Waals surface area contributed by atoms with Crippen molar-refractivity contribution in [2.24, 2.45) is 0 Å². The lowest BCUT2D eigenvalue weighted by molar-refractivity contribution is -0.145. The Balaban J connectivity index is 1.67. The molecule has 38 heavy (non-hydrogen) atoms. The van der Waals surface area contributed by atoms with Gasteiger partial charge in [-0.3, -0.25) is 9.59 Å². The molecule has 0 saturated carbocycles. The normalized spacial score (nSPS) is 12.6. The summed E-state index contributed by atoms with van der Waals surface area (Å²) < 4.78 is 63.7. The molecule has 11 heteroatoms. The summed E-state index contributed by atoms with van der Waals surface area (Å²) in [4.78, 5) is 26.7. The van der Waals surface area contributed by atoms with Crippen LogP contribution in [0, 0.1) is 0 Å². The average molecular weight is 567 g/mol. The monoisotopic (exact) mass is 566 g/mol. The molecule has 2 amide bonds. The van der Waals surface area contributed by atoms with Crippen LogP contribution in [-0.2, 0) is 21.1 Å². The van der Waals surface area contributed by atoms with Crippen LogP contribution in [0.1, 0.15) is 40.9 Å². The quantitative estimate of drug-likeness (QED) is 0.340. The fraction of sp³-hybridized carbons (Fsp3) is 0.259. The molecular formula is C27H26ClF3N2O4S. The zero-order chi connectivity index (χ0) is 28.1. The van der Waals surface area contributed by atoms with Crippen molar-refractivity contribution in [3.8, 4) is 0 Å². The number of nitrogens with zero attached hydrogens (tertiary/aromatic N) is 1. The van der Waals surface area contributed by atoms with Gasteiger partial charge in [0.1, 0.15) is 0 Å². The van der Waals surface area contributed by atoms with Gasteiger partial charge in [-0.25, -0.2) is 8.42 Å². The highest BCUT2D eigenvalue weighted by Gasteiger charge is 2.36. The Bertz CT molecular complexity index is 1380. The first kappa shape index (κ1) is 29.2. The summed E-state index contributed by atoms with van der Waals surface area (Å²) in [6, 6.07) is 16.4. The van der Waals surface area contributed by atoms with E-state index in [0.29, 0.717) is 21.8 Å². The van der Waals surface area contributed by atoms with E-state index >= 15 is 0 Å². The predicted molar refractivity (Wildman–Crippen MR) is 140 cm³/mol. The van der Waals surface area contributed by atoms with Gasteiger partial charge in [0.05, 0.1) is 29.5 Å². The third-order valence-electron chi connectivity index (χ3n) is 5.91. The summed E-state index contributed by atoms with van der Waals surface area (Å²) >= 11 is 5.86. The van der Waals surface area contributed by atoms with Crippen LogP contribution in [0.15, 0.2) is 77.7 Å². The molecule has 0 aromatic heterocycles. The summed E-state index contributed by atoms with van der Waals surface area (Å²) in [5.41, 5.74) is 1.46. The van der Waals surface area contributed by atoms with Crippen molar-refractivity contribution in [1.82, 2.24) is 4.90 Å². The molecule has 0 aliphatic heterocycles. The standard InChI is InChI=1S/C27H26ClF3N2O4S/c1-3-38(36,37)23-14-4-18(5-15-23)16-25(34)32-22-12-8-20(9-13-22)26(35)33(2)24(17-27(29,30)31)19-6-10-21(28)11-7-19/h4-15,24H,3,16-17H2,1-2H3,(H,32,34). The molecule has 0 heterocycles. The van der Waals surface area contributed by atoms with E-state index in [0.717, 1.165) is 4.90 Å². The van der Waals surface area contributed by atoms with E-state index in [2.05, 4.69) is 5.32 Å². The number of amides is 2. The maximum Gasteiger partial charge on any atom is 0.391 e. The van der Waals surface area contributed by atoms with Crippen LogP contribution in [0.3, 0.4) is 0 Å².